The molecule has 2 aromatic carbocycles. The van der Waals surface area contributed by atoms with Gasteiger partial charge in [0.05, 0.1) is 13.0 Å². The molecule has 1 saturated carbocycles. The van der Waals surface area contributed by atoms with Gasteiger partial charge in [0.15, 0.2) is 0 Å². The molecule has 1 aliphatic rings. The zero-order valence-corrected chi connectivity index (χ0v) is 13.4. The minimum atomic E-state index is -0.654. The van der Waals surface area contributed by atoms with Crippen molar-refractivity contribution in [3.63, 3.8) is 0 Å². The minimum Gasteiger partial charge on any atom is -0.496 e. The molecule has 2 N–H and O–H groups in total. The normalized spacial score (nSPS) is 21.3. The predicted octanol–water partition coefficient (Wildman–Crippen LogP) is 3.58. The van der Waals surface area contributed by atoms with Gasteiger partial charge in [0, 0.05) is 18.2 Å². The Hall–Kier alpha value is -2.07. The molecule has 0 aliphatic heterocycles. The Morgan fingerprint density at radius 2 is 1.91 bits per heavy atom. The molecule has 1 aliphatic carbocycles. The van der Waals surface area contributed by atoms with Crippen LogP contribution in [0.4, 0.5) is 0 Å². The fourth-order valence-corrected chi connectivity index (χ4v) is 3.48. The van der Waals surface area contributed by atoms with E-state index in [4.69, 9.17) is 9.84 Å². The third-order valence-electron chi connectivity index (χ3n) is 4.86. The molecule has 0 atom stereocenters. The zero-order chi connectivity index (χ0) is 16.2. The third kappa shape index (κ3) is 3.48. The van der Waals surface area contributed by atoms with Gasteiger partial charge in [-0.05, 0) is 42.5 Å². The molecule has 3 rings (SSSR count). The second-order valence-corrected chi connectivity index (χ2v) is 6.24. The first kappa shape index (κ1) is 15.8. The van der Waals surface area contributed by atoms with E-state index in [1.54, 1.807) is 7.11 Å². The van der Waals surface area contributed by atoms with E-state index in [0.717, 1.165) is 38.0 Å². The first-order valence-electron chi connectivity index (χ1n) is 8.20. The number of methoxy groups -OCH3 is 1. The summed E-state index contributed by atoms with van der Waals surface area (Å²) < 4.78 is 5.52. The van der Waals surface area contributed by atoms with E-state index in [-0.39, 0.29) is 5.92 Å². The molecule has 0 saturated heterocycles. The summed E-state index contributed by atoms with van der Waals surface area (Å²) in [5.74, 6) is 0.0785. The van der Waals surface area contributed by atoms with Gasteiger partial charge in [-0.2, -0.15) is 0 Å². The fourth-order valence-electron chi connectivity index (χ4n) is 3.48. The van der Waals surface area contributed by atoms with Gasteiger partial charge in [-0.15, -0.1) is 0 Å². The van der Waals surface area contributed by atoms with Crippen LogP contribution in [0.5, 0.6) is 5.75 Å². The lowest BCUT2D eigenvalue weighted by atomic mass is 9.86. The van der Waals surface area contributed by atoms with Gasteiger partial charge in [-0.3, -0.25) is 4.79 Å². The van der Waals surface area contributed by atoms with Gasteiger partial charge in [-0.25, -0.2) is 0 Å². The largest absolute Gasteiger partial charge is 0.496 e. The summed E-state index contributed by atoms with van der Waals surface area (Å²) in [7, 11) is 1.70. The highest BCUT2D eigenvalue weighted by atomic mass is 16.5. The van der Waals surface area contributed by atoms with E-state index in [9.17, 15) is 4.79 Å². The van der Waals surface area contributed by atoms with Crippen LogP contribution in [0.3, 0.4) is 0 Å². The van der Waals surface area contributed by atoms with Crippen molar-refractivity contribution in [3.05, 3.63) is 42.0 Å². The standard InChI is InChI=1S/C19H23NO3/c1-23-18-11-8-13-4-2-3-5-16(13)17(18)12-20-15-9-6-14(7-10-15)19(21)22/h2-5,8,11,14-15,20H,6-7,9-10,12H2,1H3,(H,21,22). The van der Waals surface area contributed by atoms with Crippen molar-refractivity contribution in [1.82, 2.24) is 5.32 Å². The highest BCUT2D eigenvalue weighted by molar-refractivity contribution is 5.87. The summed E-state index contributed by atoms with van der Waals surface area (Å²) >= 11 is 0. The Morgan fingerprint density at radius 1 is 1.17 bits per heavy atom. The molecule has 0 unspecified atom stereocenters. The number of benzene rings is 2. The molecule has 0 amide bonds. The Bertz CT molecular complexity index is 690. The maximum Gasteiger partial charge on any atom is 0.306 e. The number of rotatable bonds is 5. The summed E-state index contributed by atoms with van der Waals surface area (Å²) in [6, 6.07) is 12.8. The van der Waals surface area contributed by atoms with E-state index in [1.807, 2.05) is 18.2 Å². The first-order valence-corrected chi connectivity index (χ1v) is 8.20. The van der Waals surface area contributed by atoms with Crippen molar-refractivity contribution in [1.29, 1.82) is 0 Å². The number of hydrogen-bond acceptors (Lipinski definition) is 3. The molecule has 2 aromatic rings. The Labute approximate surface area is 136 Å². The molecule has 4 nitrogen and oxygen atoms in total. The maximum atomic E-state index is 11.0. The molecule has 4 heteroatoms. The quantitative estimate of drug-likeness (QED) is 0.886. The van der Waals surface area contributed by atoms with Crippen molar-refractivity contribution in [2.24, 2.45) is 5.92 Å². The SMILES string of the molecule is COc1ccc2ccccc2c1CNC1CCC(C(=O)O)CC1. The summed E-state index contributed by atoms with van der Waals surface area (Å²) in [4.78, 5) is 11.0. The van der Waals surface area contributed by atoms with E-state index < -0.39 is 5.97 Å². The van der Waals surface area contributed by atoms with E-state index >= 15 is 0 Å². The summed E-state index contributed by atoms with van der Waals surface area (Å²) in [6.07, 6.45) is 3.37. The van der Waals surface area contributed by atoms with Crippen molar-refractivity contribution < 1.29 is 14.6 Å². The second kappa shape index (κ2) is 7.01. The van der Waals surface area contributed by atoms with Crippen LogP contribution in [-0.4, -0.2) is 24.2 Å². The number of hydrogen-bond donors (Lipinski definition) is 2. The number of nitrogens with one attached hydrogen (secondary N) is 1. The molecular formula is C19H23NO3. The van der Waals surface area contributed by atoms with Crippen LogP contribution in [-0.2, 0) is 11.3 Å². The fraction of sp³-hybridized carbons (Fsp3) is 0.421. The van der Waals surface area contributed by atoms with Crippen molar-refractivity contribution in [3.8, 4) is 5.75 Å². The van der Waals surface area contributed by atoms with E-state index in [0.29, 0.717) is 6.04 Å². The summed E-state index contributed by atoms with van der Waals surface area (Å²) in [5.41, 5.74) is 1.17. The first-order chi connectivity index (χ1) is 11.2. The molecule has 0 spiro atoms. The number of fused-ring (bicyclic) bond motifs is 1. The number of aliphatic carboxylic acids is 1. The molecule has 1 fully saturated rings. The van der Waals surface area contributed by atoms with Crippen molar-refractivity contribution in [2.45, 2.75) is 38.3 Å². The van der Waals surface area contributed by atoms with Crippen molar-refractivity contribution >= 4 is 16.7 Å². The summed E-state index contributed by atoms with van der Waals surface area (Å²) in [5, 5.41) is 15.1. The van der Waals surface area contributed by atoms with Crippen LogP contribution < -0.4 is 10.1 Å². The summed E-state index contributed by atoms with van der Waals surface area (Å²) in [6.45, 7) is 0.743. The van der Waals surface area contributed by atoms with Gasteiger partial charge in [0.1, 0.15) is 5.75 Å². The number of carbonyl (C=O) groups is 1. The van der Waals surface area contributed by atoms with Crippen LogP contribution in [0.25, 0.3) is 10.8 Å². The van der Waals surface area contributed by atoms with Crippen LogP contribution in [0.15, 0.2) is 36.4 Å². The zero-order valence-electron chi connectivity index (χ0n) is 13.4. The van der Waals surface area contributed by atoms with Crippen LogP contribution in [0.2, 0.25) is 0 Å². The third-order valence-corrected chi connectivity index (χ3v) is 4.86. The highest BCUT2D eigenvalue weighted by Crippen LogP contribution is 2.29. The van der Waals surface area contributed by atoms with Gasteiger partial charge >= 0.3 is 5.97 Å². The molecule has 0 aromatic heterocycles. The topological polar surface area (TPSA) is 58.6 Å². The smallest absolute Gasteiger partial charge is 0.306 e. The lowest BCUT2D eigenvalue weighted by Crippen LogP contribution is -2.34. The maximum absolute atomic E-state index is 11.0. The second-order valence-electron chi connectivity index (χ2n) is 6.24. The molecule has 0 heterocycles. The lowest BCUT2D eigenvalue weighted by Gasteiger charge is -2.27. The van der Waals surface area contributed by atoms with Gasteiger partial charge in [0.2, 0.25) is 0 Å². The van der Waals surface area contributed by atoms with Crippen LogP contribution >= 0.6 is 0 Å². The van der Waals surface area contributed by atoms with Gasteiger partial charge < -0.3 is 15.2 Å². The molecule has 0 bridgehead atoms. The van der Waals surface area contributed by atoms with Crippen LogP contribution in [0.1, 0.15) is 31.2 Å². The van der Waals surface area contributed by atoms with Crippen LogP contribution in [0, 0.1) is 5.92 Å². The monoisotopic (exact) mass is 313 g/mol. The van der Waals surface area contributed by atoms with Crippen molar-refractivity contribution in [2.75, 3.05) is 7.11 Å². The van der Waals surface area contributed by atoms with E-state index in [1.165, 1.54) is 16.3 Å². The average molecular weight is 313 g/mol. The van der Waals surface area contributed by atoms with E-state index in [2.05, 4.69) is 23.5 Å². The molecular weight excluding hydrogens is 290 g/mol. The number of carboxylic acid groups (broad SMARTS) is 1. The Kier molecular flexibility index (Phi) is 4.82. The number of ether oxygens (including phenoxy) is 1. The lowest BCUT2D eigenvalue weighted by molar-refractivity contribution is -0.142. The Balaban J connectivity index is 1.71. The van der Waals surface area contributed by atoms with Gasteiger partial charge in [-0.1, -0.05) is 30.3 Å². The number of carboxylic acids is 1. The Morgan fingerprint density at radius 3 is 2.61 bits per heavy atom. The molecule has 122 valence electrons. The minimum absolute atomic E-state index is 0.167. The predicted molar refractivity (Wildman–Crippen MR) is 90.7 cm³/mol. The van der Waals surface area contributed by atoms with Gasteiger partial charge in [0.25, 0.3) is 0 Å². The molecule has 0 radical (unpaired) electrons. The average Bonchev–Trinajstić information content (AvgIpc) is 2.59. The highest BCUT2D eigenvalue weighted by Gasteiger charge is 2.25. The molecule has 23 heavy (non-hydrogen) atoms.